The van der Waals surface area contributed by atoms with Crippen LogP contribution < -0.4 is 4.90 Å². The lowest BCUT2D eigenvalue weighted by Crippen LogP contribution is -2.12. The molecule has 0 atom stereocenters. The van der Waals surface area contributed by atoms with Gasteiger partial charge in [0.1, 0.15) is 11.2 Å². The quantitative estimate of drug-likeness (QED) is 0.0996. The van der Waals surface area contributed by atoms with Crippen molar-refractivity contribution < 1.29 is 4.42 Å². The van der Waals surface area contributed by atoms with Crippen LogP contribution >= 0.6 is 0 Å². The van der Waals surface area contributed by atoms with Crippen molar-refractivity contribution in [1.29, 1.82) is 0 Å². The van der Waals surface area contributed by atoms with Crippen molar-refractivity contribution in [2.75, 3.05) is 4.90 Å². The Morgan fingerprint density at radius 3 is 1.91 bits per heavy atom. The molecule has 11 aromatic rings. The first kappa shape index (κ1) is 32.4. The Kier molecular flexibility index (Phi) is 7.28. The first-order valence-corrected chi connectivity index (χ1v) is 20.4. The molecule has 57 heavy (non-hydrogen) atoms. The number of hydrogen-bond acceptors (Lipinski definition) is 2. The molecule has 1 heterocycles. The van der Waals surface area contributed by atoms with Gasteiger partial charge in [0.2, 0.25) is 0 Å². The molecular formula is C55H39NO. The zero-order chi connectivity index (χ0) is 37.5. The van der Waals surface area contributed by atoms with E-state index in [4.69, 9.17) is 4.42 Å². The highest BCUT2D eigenvalue weighted by molar-refractivity contribution is 6.35. The van der Waals surface area contributed by atoms with Crippen molar-refractivity contribution in [1.82, 2.24) is 0 Å². The van der Waals surface area contributed by atoms with E-state index in [1.807, 2.05) is 0 Å². The zero-order valence-corrected chi connectivity index (χ0v) is 31.6. The number of hydrogen-bond donors (Lipinski definition) is 0. The summed E-state index contributed by atoms with van der Waals surface area (Å²) in [5, 5.41) is 12.5. The van der Waals surface area contributed by atoms with Crippen LogP contribution in [0.4, 0.5) is 17.1 Å². The van der Waals surface area contributed by atoms with E-state index in [9.17, 15) is 0 Å². The number of nitrogens with zero attached hydrogens (tertiary/aromatic N) is 1. The maximum Gasteiger partial charge on any atom is 0.137 e. The maximum absolute atomic E-state index is 6.74. The third kappa shape index (κ3) is 5.03. The Hall–Kier alpha value is -6.90. The average Bonchev–Trinajstić information content (AvgIpc) is 3.45. The van der Waals surface area contributed by atoms with Gasteiger partial charge in [-0.25, -0.2) is 0 Å². The maximum atomic E-state index is 6.74. The van der Waals surface area contributed by atoms with Gasteiger partial charge in [0, 0.05) is 33.5 Å². The summed E-state index contributed by atoms with van der Waals surface area (Å²) in [6.07, 6.45) is 5.93. The standard InChI is InChI=1S/C55H39NO/c1-3-13-35(14-4-1)36-27-30-40(31-28-36)56(49-32-29-39-19-11-24-45-44-23-10-17-38-18-12-25-46(53(38)44)55(49)54(39)45)50-34-52-48(43-21-7-8-26-51(43)57-52)33-47(50)42-22-9-16-37-15-5-2-6-20-41(37)42/h1,3-4,7-14,16-19,21-34H,2,5-6,15,20H2. The van der Waals surface area contributed by atoms with E-state index in [0.717, 1.165) is 51.8 Å². The molecular weight excluding hydrogens is 691 g/mol. The van der Waals surface area contributed by atoms with E-state index < -0.39 is 0 Å². The van der Waals surface area contributed by atoms with Gasteiger partial charge >= 0.3 is 0 Å². The lowest BCUT2D eigenvalue weighted by Gasteiger charge is -2.31. The number of para-hydroxylation sites is 1. The summed E-state index contributed by atoms with van der Waals surface area (Å²) in [6, 6.07) is 65.1. The van der Waals surface area contributed by atoms with Crippen molar-refractivity contribution in [2.45, 2.75) is 32.1 Å². The predicted molar refractivity (Wildman–Crippen MR) is 242 cm³/mol. The fraction of sp³-hybridized carbons (Fsp3) is 0.0909. The summed E-state index contributed by atoms with van der Waals surface area (Å²) in [5.41, 5.74) is 13.1. The fourth-order valence-electron chi connectivity index (χ4n) is 10.0. The molecule has 0 fully saturated rings. The summed E-state index contributed by atoms with van der Waals surface area (Å²) < 4.78 is 6.74. The van der Waals surface area contributed by atoms with Gasteiger partial charge in [-0.05, 0) is 122 Å². The van der Waals surface area contributed by atoms with Gasteiger partial charge < -0.3 is 9.32 Å². The number of fused-ring (bicyclic) bond motifs is 6. The summed E-state index contributed by atoms with van der Waals surface area (Å²) in [6.45, 7) is 0. The van der Waals surface area contributed by atoms with Crippen LogP contribution in [0.1, 0.15) is 30.4 Å². The molecule has 0 aliphatic heterocycles. The van der Waals surface area contributed by atoms with Crippen LogP contribution in [0.3, 0.4) is 0 Å². The average molecular weight is 730 g/mol. The van der Waals surface area contributed by atoms with Crippen molar-refractivity contribution in [3.63, 3.8) is 0 Å². The molecule has 2 nitrogen and oxygen atoms in total. The first-order valence-electron chi connectivity index (χ1n) is 20.4. The largest absolute Gasteiger partial charge is 0.456 e. The Labute approximate surface area is 331 Å². The highest BCUT2D eigenvalue weighted by Crippen LogP contribution is 2.51. The molecule has 0 N–H and O–H groups in total. The zero-order valence-electron chi connectivity index (χ0n) is 31.6. The lowest BCUT2D eigenvalue weighted by molar-refractivity contribution is 0.669. The predicted octanol–water partition coefficient (Wildman–Crippen LogP) is 15.7. The highest BCUT2D eigenvalue weighted by atomic mass is 16.3. The van der Waals surface area contributed by atoms with Crippen molar-refractivity contribution in [2.24, 2.45) is 0 Å². The summed E-state index contributed by atoms with van der Waals surface area (Å²) in [4.78, 5) is 2.53. The minimum atomic E-state index is 0.894. The third-order valence-corrected chi connectivity index (χ3v) is 12.6. The topological polar surface area (TPSA) is 16.4 Å². The molecule has 0 amide bonds. The summed E-state index contributed by atoms with van der Waals surface area (Å²) in [7, 11) is 0. The molecule has 1 aliphatic carbocycles. The van der Waals surface area contributed by atoms with Gasteiger partial charge in [0.15, 0.2) is 0 Å². The van der Waals surface area contributed by atoms with Gasteiger partial charge in [-0.1, -0.05) is 146 Å². The van der Waals surface area contributed by atoms with Crippen LogP contribution in [0.2, 0.25) is 0 Å². The SMILES string of the molecule is c1ccc(-c2ccc(N(c3cc4oc5ccccc5c4cc3-c3cccc4c3CCCCC4)c3ccc4cccc5c6cccc7cccc(c3c45)c76)cc2)cc1. The molecule has 0 saturated heterocycles. The Morgan fingerprint density at radius 2 is 1.07 bits per heavy atom. The molecule has 0 bridgehead atoms. The van der Waals surface area contributed by atoms with Crippen molar-refractivity contribution in [3.8, 4) is 22.3 Å². The molecule has 12 rings (SSSR count). The van der Waals surface area contributed by atoms with Gasteiger partial charge in [-0.15, -0.1) is 0 Å². The number of aryl methyl sites for hydroxylation is 1. The molecule has 0 unspecified atom stereocenters. The van der Waals surface area contributed by atoms with Crippen LogP contribution in [-0.4, -0.2) is 0 Å². The molecule has 2 heteroatoms. The van der Waals surface area contributed by atoms with E-state index in [2.05, 4.69) is 181 Å². The van der Waals surface area contributed by atoms with Crippen LogP contribution in [0.5, 0.6) is 0 Å². The molecule has 0 saturated carbocycles. The third-order valence-electron chi connectivity index (χ3n) is 12.6. The van der Waals surface area contributed by atoms with Crippen LogP contribution in [0.15, 0.2) is 180 Å². The molecule has 0 spiro atoms. The van der Waals surface area contributed by atoms with Crippen molar-refractivity contribution in [3.05, 3.63) is 187 Å². The molecule has 1 aliphatic rings. The Balaban J connectivity index is 1.23. The van der Waals surface area contributed by atoms with Gasteiger partial charge in [0.25, 0.3) is 0 Å². The van der Waals surface area contributed by atoms with Crippen LogP contribution in [0, 0.1) is 0 Å². The monoisotopic (exact) mass is 729 g/mol. The second kappa shape index (κ2) is 12.8. The minimum absolute atomic E-state index is 0.894. The smallest absolute Gasteiger partial charge is 0.137 e. The van der Waals surface area contributed by atoms with Gasteiger partial charge in [0.05, 0.1) is 11.4 Å². The van der Waals surface area contributed by atoms with E-state index >= 15 is 0 Å². The van der Waals surface area contributed by atoms with E-state index in [0.29, 0.717) is 0 Å². The van der Waals surface area contributed by atoms with Gasteiger partial charge in [-0.3, -0.25) is 0 Å². The molecule has 0 radical (unpaired) electrons. The highest BCUT2D eigenvalue weighted by Gasteiger charge is 2.26. The number of anilines is 3. The first-order chi connectivity index (χ1) is 28.3. The van der Waals surface area contributed by atoms with Crippen molar-refractivity contribution >= 4 is 82.1 Å². The van der Waals surface area contributed by atoms with E-state index in [-0.39, 0.29) is 0 Å². The second-order valence-corrected chi connectivity index (χ2v) is 15.8. The summed E-state index contributed by atoms with van der Waals surface area (Å²) >= 11 is 0. The lowest BCUT2D eigenvalue weighted by atomic mass is 9.88. The molecule has 10 aromatic carbocycles. The van der Waals surface area contributed by atoms with Crippen LogP contribution in [0.25, 0.3) is 87.3 Å². The Bertz CT molecular complexity index is 3310. The Morgan fingerprint density at radius 1 is 0.386 bits per heavy atom. The normalized spacial score (nSPS) is 13.3. The molecule has 270 valence electrons. The number of rotatable bonds is 5. The number of benzene rings is 10. The van der Waals surface area contributed by atoms with E-state index in [1.165, 1.54) is 95.7 Å². The van der Waals surface area contributed by atoms with E-state index in [1.54, 1.807) is 0 Å². The molecule has 1 aromatic heterocycles. The number of furan rings is 1. The second-order valence-electron chi connectivity index (χ2n) is 15.8. The fourth-order valence-corrected chi connectivity index (χ4v) is 10.0. The van der Waals surface area contributed by atoms with Gasteiger partial charge in [-0.2, -0.15) is 0 Å². The van der Waals surface area contributed by atoms with Crippen LogP contribution in [-0.2, 0) is 12.8 Å². The summed E-state index contributed by atoms with van der Waals surface area (Å²) in [5.74, 6) is 0. The minimum Gasteiger partial charge on any atom is -0.456 e.